The van der Waals surface area contributed by atoms with Crippen molar-refractivity contribution in [3.05, 3.63) is 21.1 Å². The fourth-order valence-corrected chi connectivity index (χ4v) is 2.51. The van der Waals surface area contributed by atoms with Crippen LogP contribution in [0.15, 0.2) is 21.1 Å². The van der Waals surface area contributed by atoms with E-state index in [1.54, 1.807) is 7.11 Å². The molecule has 1 atom stereocenters. The third kappa shape index (κ3) is 2.86. The molecule has 2 rings (SSSR count). The van der Waals surface area contributed by atoms with Crippen molar-refractivity contribution in [3.63, 3.8) is 0 Å². The largest absolute Gasteiger partial charge is 0.497 e. The van der Waals surface area contributed by atoms with E-state index < -0.39 is 0 Å². The third-order valence-electron chi connectivity index (χ3n) is 2.02. The van der Waals surface area contributed by atoms with Gasteiger partial charge in [-0.3, -0.25) is 0 Å². The molecule has 3 nitrogen and oxygen atoms in total. The van der Waals surface area contributed by atoms with Gasteiger partial charge >= 0.3 is 0 Å². The summed E-state index contributed by atoms with van der Waals surface area (Å²) in [6, 6.07) is 3.74. The maximum Gasteiger partial charge on any atom is 0.148 e. The lowest BCUT2D eigenvalue weighted by Crippen LogP contribution is -2.05. The first-order valence-corrected chi connectivity index (χ1v) is 6.06. The number of ether oxygens (including phenoxy) is 3. The van der Waals surface area contributed by atoms with Gasteiger partial charge in [0.2, 0.25) is 0 Å². The number of epoxide rings is 1. The van der Waals surface area contributed by atoms with Crippen molar-refractivity contribution in [2.24, 2.45) is 0 Å². The summed E-state index contributed by atoms with van der Waals surface area (Å²) in [5.74, 6) is 1.56. The molecule has 1 aromatic rings. The zero-order valence-electron chi connectivity index (χ0n) is 8.13. The third-order valence-corrected chi connectivity index (χ3v) is 3.20. The lowest BCUT2D eigenvalue weighted by Gasteiger charge is -2.10. The zero-order valence-corrected chi connectivity index (χ0v) is 11.3. The van der Waals surface area contributed by atoms with Crippen molar-refractivity contribution < 1.29 is 14.2 Å². The van der Waals surface area contributed by atoms with E-state index in [1.807, 2.05) is 12.1 Å². The summed E-state index contributed by atoms with van der Waals surface area (Å²) in [4.78, 5) is 0. The Bertz CT molecular complexity index is 341. The maximum atomic E-state index is 5.62. The molecular formula is C10H10Br2O3. The molecule has 1 saturated heterocycles. The average Bonchev–Trinajstić information content (AvgIpc) is 3.00. The molecule has 82 valence electrons. The molecule has 1 aliphatic rings. The van der Waals surface area contributed by atoms with Gasteiger partial charge in [-0.2, -0.15) is 0 Å². The Morgan fingerprint density at radius 3 is 2.47 bits per heavy atom. The number of hydrogen-bond acceptors (Lipinski definition) is 3. The molecule has 1 fully saturated rings. The first-order chi connectivity index (χ1) is 7.20. The first kappa shape index (κ1) is 11.2. The highest BCUT2D eigenvalue weighted by Gasteiger charge is 2.24. The number of benzene rings is 1. The molecule has 0 bridgehead atoms. The van der Waals surface area contributed by atoms with E-state index in [2.05, 4.69) is 31.9 Å². The van der Waals surface area contributed by atoms with E-state index in [9.17, 15) is 0 Å². The summed E-state index contributed by atoms with van der Waals surface area (Å²) in [7, 11) is 1.63. The number of rotatable bonds is 4. The van der Waals surface area contributed by atoms with Gasteiger partial charge in [0.25, 0.3) is 0 Å². The van der Waals surface area contributed by atoms with Crippen LogP contribution in [-0.4, -0.2) is 26.4 Å². The van der Waals surface area contributed by atoms with Crippen molar-refractivity contribution in [1.29, 1.82) is 0 Å². The molecule has 0 spiro atoms. The minimum absolute atomic E-state index is 0.255. The van der Waals surface area contributed by atoms with Crippen LogP contribution in [0.4, 0.5) is 0 Å². The Balaban J connectivity index is 2.13. The van der Waals surface area contributed by atoms with Gasteiger partial charge in [-0.05, 0) is 44.0 Å². The van der Waals surface area contributed by atoms with Crippen LogP contribution < -0.4 is 9.47 Å². The van der Waals surface area contributed by atoms with Gasteiger partial charge in [0.15, 0.2) is 0 Å². The molecule has 1 unspecified atom stereocenters. The Kier molecular flexibility index (Phi) is 3.53. The number of hydrogen-bond donors (Lipinski definition) is 0. The number of methoxy groups -OCH3 is 1. The van der Waals surface area contributed by atoms with Gasteiger partial charge in [0.05, 0.1) is 22.7 Å². The van der Waals surface area contributed by atoms with Crippen molar-refractivity contribution in [3.8, 4) is 11.5 Å². The predicted octanol–water partition coefficient (Wildman–Crippen LogP) is 3.00. The molecule has 0 N–H and O–H groups in total. The van der Waals surface area contributed by atoms with Gasteiger partial charge in [0, 0.05) is 0 Å². The van der Waals surface area contributed by atoms with E-state index in [-0.39, 0.29) is 6.10 Å². The normalized spacial score (nSPS) is 18.7. The van der Waals surface area contributed by atoms with Gasteiger partial charge in [-0.15, -0.1) is 0 Å². The topological polar surface area (TPSA) is 31.0 Å². The van der Waals surface area contributed by atoms with Crippen molar-refractivity contribution >= 4 is 31.9 Å². The highest BCUT2D eigenvalue weighted by molar-refractivity contribution is 9.11. The Labute approximate surface area is 105 Å². The molecule has 5 heteroatoms. The standard InChI is InChI=1S/C10H10Br2O3/c1-13-6-2-8(11)10(9(12)3-6)15-5-7-4-14-7/h2-3,7H,4-5H2,1H3. The van der Waals surface area contributed by atoms with Crippen molar-refractivity contribution in [2.75, 3.05) is 20.3 Å². The van der Waals surface area contributed by atoms with Crippen LogP contribution in [0.1, 0.15) is 0 Å². The van der Waals surface area contributed by atoms with Crippen molar-refractivity contribution in [2.45, 2.75) is 6.10 Å². The highest BCUT2D eigenvalue weighted by atomic mass is 79.9. The van der Waals surface area contributed by atoms with Crippen LogP contribution in [0, 0.1) is 0 Å². The van der Waals surface area contributed by atoms with Crippen molar-refractivity contribution in [1.82, 2.24) is 0 Å². The van der Waals surface area contributed by atoms with Crippen LogP contribution in [-0.2, 0) is 4.74 Å². The van der Waals surface area contributed by atoms with Gasteiger partial charge in [-0.25, -0.2) is 0 Å². The van der Waals surface area contributed by atoms with E-state index in [0.29, 0.717) is 6.61 Å². The predicted molar refractivity (Wildman–Crippen MR) is 63.6 cm³/mol. The molecule has 15 heavy (non-hydrogen) atoms. The summed E-state index contributed by atoms with van der Waals surface area (Å²) in [6.45, 7) is 1.38. The summed E-state index contributed by atoms with van der Waals surface area (Å²) < 4.78 is 17.6. The molecular weight excluding hydrogens is 328 g/mol. The van der Waals surface area contributed by atoms with E-state index in [0.717, 1.165) is 27.1 Å². The van der Waals surface area contributed by atoms with Gasteiger partial charge in [-0.1, -0.05) is 0 Å². The average molecular weight is 338 g/mol. The SMILES string of the molecule is COc1cc(Br)c(OCC2CO2)c(Br)c1. The molecule has 0 saturated carbocycles. The summed E-state index contributed by atoms with van der Waals surface area (Å²) in [6.07, 6.45) is 0.255. The van der Waals surface area contributed by atoms with Crippen LogP contribution in [0.5, 0.6) is 11.5 Å². The number of halogens is 2. The van der Waals surface area contributed by atoms with Crippen LogP contribution >= 0.6 is 31.9 Å². The van der Waals surface area contributed by atoms with E-state index >= 15 is 0 Å². The lowest BCUT2D eigenvalue weighted by molar-refractivity contribution is 0.260. The molecule has 1 aromatic carbocycles. The molecule has 1 aliphatic heterocycles. The Hall–Kier alpha value is -0.260. The van der Waals surface area contributed by atoms with E-state index in [1.165, 1.54) is 0 Å². The zero-order chi connectivity index (χ0) is 10.8. The molecule has 0 aromatic heterocycles. The smallest absolute Gasteiger partial charge is 0.148 e. The minimum Gasteiger partial charge on any atom is -0.497 e. The van der Waals surface area contributed by atoms with Crippen LogP contribution in [0.25, 0.3) is 0 Å². The fraction of sp³-hybridized carbons (Fsp3) is 0.400. The summed E-state index contributed by atoms with van der Waals surface area (Å²) >= 11 is 6.87. The second kappa shape index (κ2) is 4.72. The van der Waals surface area contributed by atoms with E-state index in [4.69, 9.17) is 14.2 Å². The van der Waals surface area contributed by atoms with Gasteiger partial charge < -0.3 is 14.2 Å². The minimum atomic E-state index is 0.255. The lowest BCUT2D eigenvalue weighted by atomic mass is 10.3. The molecule has 0 radical (unpaired) electrons. The maximum absolute atomic E-state index is 5.62. The van der Waals surface area contributed by atoms with Crippen LogP contribution in [0.2, 0.25) is 0 Å². The second-order valence-electron chi connectivity index (χ2n) is 3.19. The highest BCUT2D eigenvalue weighted by Crippen LogP contribution is 2.37. The molecule has 0 aliphatic carbocycles. The monoisotopic (exact) mass is 336 g/mol. The second-order valence-corrected chi connectivity index (χ2v) is 4.90. The van der Waals surface area contributed by atoms with Gasteiger partial charge in [0.1, 0.15) is 24.2 Å². The summed E-state index contributed by atoms with van der Waals surface area (Å²) in [5, 5.41) is 0. The first-order valence-electron chi connectivity index (χ1n) is 4.48. The molecule has 1 heterocycles. The fourth-order valence-electron chi connectivity index (χ4n) is 1.13. The Morgan fingerprint density at radius 1 is 1.40 bits per heavy atom. The van der Waals surface area contributed by atoms with Crippen LogP contribution in [0.3, 0.4) is 0 Å². The molecule has 0 amide bonds. The quantitative estimate of drug-likeness (QED) is 0.791. The summed E-state index contributed by atoms with van der Waals surface area (Å²) in [5.41, 5.74) is 0. The Morgan fingerprint density at radius 2 is 2.00 bits per heavy atom.